The van der Waals surface area contributed by atoms with Gasteiger partial charge in [-0.15, -0.1) is 0 Å². The molecule has 10 heterocycles. The molecule has 11 rings (SSSR count). The molecule has 1 N–H and O–H groups in total. The number of allylic oxidation sites excluding steroid dienone is 2. The molecule has 4 heteroatoms. The summed E-state index contributed by atoms with van der Waals surface area (Å²) in [5.74, 6) is -0.343. The van der Waals surface area contributed by atoms with Gasteiger partial charge in [0, 0.05) is 0 Å². The monoisotopic (exact) mass is 388 g/mol. The second-order valence-corrected chi connectivity index (χ2v) is 36.8. The molecule has 4 unspecified atom stereocenters. The first kappa shape index (κ1) is 11.5. The zero-order valence-corrected chi connectivity index (χ0v) is 15.7. The number of aromatic hydroxyl groups is 1. The van der Waals surface area contributed by atoms with Crippen LogP contribution in [0.1, 0.15) is 22.8 Å². The van der Waals surface area contributed by atoms with E-state index in [1.165, 1.54) is 33.7 Å². The normalized spacial score (nSPS) is 82.4. The zero-order valence-electron chi connectivity index (χ0n) is 14.6. The van der Waals surface area contributed by atoms with Crippen LogP contribution in [-0.4, -0.2) is 16.7 Å². The maximum absolute atomic E-state index is 13.2. The van der Waals surface area contributed by atoms with Gasteiger partial charge < -0.3 is 0 Å². The number of Topliss-reactive ketones (excluding diaryl/α,β-unsaturated/α-hetero) is 2. The van der Waals surface area contributed by atoms with Crippen LogP contribution in [0.4, 0.5) is 0 Å². The van der Waals surface area contributed by atoms with E-state index in [9.17, 15) is 14.7 Å². The third kappa shape index (κ3) is 0.181. The first-order valence-electron chi connectivity index (χ1n) is 9.96. The van der Waals surface area contributed by atoms with Crippen molar-refractivity contribution in [2.45, 2.75) is 61.5 Å². The molecular weight excluding hydrogens is 368 g/mol. The summed E-state index contributed by atoms with van der Waals surface area (Å²) in [6.45, 7) is 0.0923. The maximum atomic E-state index is 13.2. The van der Waals surface area contributed by atoms with Gasteiger partial charge in [-0.05, 0) is 0 Å². The van der Waals surface area contributed by atoms with Gasteiger partial charge in [-0.1, -0.05) is 0 Å². The number of hydrogen-bond donors (Lipinski definition) is 1. The van der Waals surface area contributed by atoms with Crippen molar-refractivity contribution in [3.8, 4) is 5.75 Å². The Morgan fingerprint density at radius 2 is 1.62 bits per heavy atom. The predicted octanol–water partition coefficient (Wildman–Crippen LogP) is 5.16. The summed E-state index contributed by atoms with van der Waals surface area (Å²) in [5, 5.41) is 10.3. The van der Waals surface area contributed by atoms with Crippen LogP contribution in [0, 0.1) is 6.92 Å². The van der Waals surface area contributed by atoms with Crippen LogP contribution in [-0.2, 0) is 11.3 Å². The Morgan fingerprint density at radius 3 is 2.00 bits per heavy atom. The molecule has 26 heavy (non-hydrogen) atoms. The Balaban J connectivity index is 1.19. The van der Waals surface area contributed by atoms with Crippen LogP contribution >= 0.6 is 0 Å². The molecule has 0 saturated carbocycles. The Kier molecular flexibility index (Phi) is 0.548. The number of phenols is 1. The number of ketones is 2. The van der Waals surface area contributed by atoms with Gasteiger partial charge in [0.05, 0.1) is 0 Å². The molecule has 0 aromatic heterocycles. The minimum absolute atomic E-state index is 0.00675. The van der Waals surface area contributed by atoms with Crippen LogP contribution < -0.4 is 0 Å². The number of carbonyl (C=O) groups excluding carboxylic acids is 2. The first-order chi connectivity index (χ1) is 12.2. The average molecular weight is 388 g/mol. The van der Waals surface area contributed by atoms with Crippen molar-refractivity contribution in [1.82, 2.24) is 0 Å². The molecule has 1 aromatic rings. The van der Waals surface area contributed by atoms with E-state index in [-0.39, 0.29) is 17.3 Å². The topological polar surface area (TPSA) is 54.4 Å². The van der Waals surface area contributed by atoms with Gasteiger partial charge in [0.2, 0.25) is 0 Å². The fourth-order valence-electron chi connectivity index (χ4n) is 18.3. The second-order valence-electron chi connectivity index (χ2n) is 13.2. The number of hydrogen-bond acceptors (Lipinski definition) is 3. The molecule has 0 aliphatic carbocycles. The van der Waals surface area contributed by atoms with Crippen molar-refractivity contribution >= 4 is 11.6 Å². The van der Waals surface area contributed by atoms with Gasteiger partial charge in [0.1, 0.15) is 0 Å². The van der Waals surface area contributed by atoms with Gasteiger partial charge >= 0.3 is 141 Å². The number of phenolic OH excluding ortho intramolecular Hbond substituents is 1. The Morgan fingerprint density at radius 1 is 1.04 bits per heavy atom. The van der Waals surface area contributed by atoms with Gasteiger partial charge in [0.15, 0.2) is 0 Å². The van der Waals surface area contributed by atoms with E-state index in [2.05, 4.69) is 6.08 Å². The fraction of sp³-hybridized carbons (Fsp3) is 0.545. The molecule has 10 aliphatic heterocycles. The second kappa shape index (κ2) is 1.24. The summed E-state index contributed by atoms with van der Waals surface area (Å²) in [6, 6.07) is 5.15. The summed E-state index contributed by atoms with van der Waals surface area (Å²) in [6.07, 6.45) is 2.28. The SMILES string of the molecule is CC(=O)C(=C[C]12[CH]3[CH]4[CH]5[CH]1[Fe]45321678[CH]2[CH]1[CH]6[CH]7[CH]28)C(=O)c1ccc(C)cc1O. The number of rotatable bonds is 4. The van der Waals surface area contributed by atoms with Crippen LogP contribution in [0.15, 0.2) is 29.8 Å². The van der Waals surface area contributed by atoms with Gasteiger partial charge in [-0.2, -0.15) is 0 Å². The Bertz CT molecular complexity index is 1460. The third-order valence-corrected chi connectivity index (χ3v) is 59.7. The molecule has 0 amide bonds. The fourth-order valence-corrected chi connectivity index (χ4v) is 92.0. The summed E-state index contributed by atoms with van der Waals surface area (Å²) in [7, 11) is 0. The quantitative estimate of drug-likeness (QED) is 0.255. The van der Waals surface area contributed by atoms with Gasteiger partial charge in [0.25, 0.3) is 0 Å². The third-order valence-electron chi connectivity index (χ3n) is 17.2. The van der Waals surface area contributed by atoms with Crippen LogP contribution in [0.2, 0.25) is 47.7 Å². The van der Waals surface area contributed by atoms with Crippen LogP contribution in [0.5, 0.6) is 5.75 Å². The summed E-state index contributed by atoms with van der Waals surface area (Å²) >= 11 is 0. The van der Waals surface area contributed by atoms with Gasteiger partial charge in [-0.25, -0.2) is 0 Å². The molecule has 1 aromatic carbocycles. The number of fused-ring (bicyclic) bond motifs is 10. The van der Waals surface area contributed by atoms with Crippen molar-refractivity contribution in [1.29, 1.82) is 0 Å². The first-order valence-corrected chi connectivity index (χ1v) is 16.2. The van der Waals surface area contributed by atoms with E-state index < -0.39 is 6.51 Å². The number of aryl methyl sites for hydroxylation is 1. The van der Waals surface area contributed by atoms with Crippen LogP contribution in [0.3, 0.4) is 0 Å². The van der Waals surface area contributed by atoms with Crippen molar-refractivity contribution in [2.75, 3.05) is 0 Å². The Hall–Kier alpha value is -1.38. The van der Waals surface area contributed by atoms with Crippen molar-refractivity contribution in [3.63, 3.8) is 0 Å². The molecule has 134 valence electrons. The average Bonchev–Trinajstić information content (AvgIpc) is 3.52. The van der Waals surface area contributed by atoms with Crippen molar-refractivity contribution in [2.24, 2.45) is 0 Å². The Labute approximate surface area is 141 Å². The number of benzene rings is 1. The molecule has 1 spiro atoms. The zero-order chi connectivity index (χ0) is 17.3. The molecule has 4 atom stereocenters. The standard InChI is InChI=1S/C17H15O3.C5H5.Fe/c1-11-7-8-14(16(19)9-11)17(20)15(12(2)18)10-13-5-3-4-6-13;1-2-4-5-3-1;/h3-10,19H,1-2H3;1-5H;. The van der Waals surface area contributed by atoms with Crippen LogP contribution in [0.25, 0.3) is 0 Å². The van der Waals surface area contributed by atoms with E-state index in [1.807, 2.05) is 13.0 Å². The molecule has 3 nitrogen and oxygen atoms in total. The van der Waals surface area contributed by atoms with Crippen molar-refractivity contribution in [3.05, 3.63) is 41.0 Å². The molecule has 10 fully saturated rings. The summed E-state index contributed by atoms with van der Waals surface area (Å²) < 4.78 is 0.413. The summed E-state index contributed by atoms with van der Waals surface area (Å²) in [5.41, 5.74) is 1.62. The van der Waals surface area contributed by atoms with E-state index >= 15 is 0 Å². The van der Waals surface area contributed by atoms with Crippen molar-refractivity contribution < 1.29 is 21.2 Å². The molecule has 0 radical (unpaired) electrons. The molecular formula is C22H20FeO3. The molecule has 10 aliphatic rings. The van der Waals surface area contributed by atoms with E-state index in [0.717, 1.165) is 15.2 Å². The predicted molar refractivity (Wildman–Crippen MR) is 92.4 cm³/mol. The van der Waals surface area contributed by atoms with Gasteiger partial charge in [-0.3, -0.25) is 0 Å². The summed E-state index contributed by atoms with van der Waals surface area (Å²) in [4.78, 5) is 36.1. The molecule has 0 bridgehead atoms. The minimum atomic E-state index is -3.34. The molecule has 10 saturated heterocycles. The number of carbonyl (C=O) groups is 2. The van der Waals surface area contributed by atoms with E-state index in [1.54, 1.807) is 19.1 Å². The van der Waals surface area contributed by atoms with E-state index in [0.29, 0.717) is 15.4 Å². The van der Waals surface area contributed by atoms with E-state index in [4.69, 9.17) is 0 Å².